The molecule has 0 bridgehead atoms. The van der Waals surface area contributed by atoms with E-state index < -0.39 is 0 Å². The predicted molar refractivity (Wildman–Crippen MR) is 103 cm³/mol. The molecule has 0 amide bonds. The number of nitrogens with one attached hydrogen (secondary N) is 2. The van der Waals surface area contributed by atoms with E-state index in [1.165, 1.54) is 18.2 Å². The van der Waals surface area contributed by atoms with E-state index in [1.807, 2.05) is 24.3 Å². The van der Waals surface area contributed by atoms with E-state index in [2.05, 4.69) is 20.2 Å². The van der Waals surface area contributed by atoms with Gasteiger partial charge in [-0.25, -0.2) is 9.37 Å². The van der Waals surface area contributed by atoms with Crippen molar-refractivity contribution in [2.24, 2.45) is 0 Å². The number of benzene rings is 2. The van der Waals surface area contributed by atoms with Crippen LogP contribution in [0.5, 0.6) is 0 Å². The third kappa shape index (κ3) is 3.98. The maximum Gasteiger partial charge on any atom is 0.252 e. The lowest BCUT2D eigenvalue weighted by molar-refractivity contribution is 0.123. The number of nitrogens with zero attached hydrogens (tertiary/aromatic N) is 2. The second-order valence-corrected chi connectivity index (χ2v) is 6.23. The standard InChI is InChI=1S/C20H19FN4O2/c21-15-7-5-14(6-8-15)17-13-19(26)24-20(23-17)22-16-3-1-2-4-18(16)25-9-11-27-12-10-25/h1-8,13H,9-12H2,(H2,22,23,24,26). The van der Waals surface area contributed by atoms with E-state index >= 15 is 0 Å². The van der Waals surface area contributed by atoms with E-state index in [0.29, 0.717) is 30.4 Å². The van der Waals surface area contributed by atoms with Crippen molar-refractivity contribution in [1.82, 2.24) is 9.97 Å². The van der Waals surface area contributed by atoms with Crippen LogP contribution >= 0.6 is 0 Å². The summed E-state index contributed by atoms with van der Waals surface area (Å²) in [5, 5.41) is 3.21. The number of para-hydroxylation sites is 2. The van der Waals surface area contributed by atoms with Gasteiger partial charge in [-0.15, -0.1) is 0 Å². The first-order chi connectivity index (χ1) is 13.2. The van der Waals surface area contributed by atoms with Gasteiger partial charge in [0.2, 0.25) is 5.95 Å². The number of ether oxygens (including phenoxy) is 1. The molecule has 4 rings (SSSR count). The zero-order valence-corrected chi connectivity index (χ0v) is 14.6. The van der Waals surface area contributed by atoms with Crippen LogP contribution in [0.25, 0.3) is 11.3 Å². The van der Waals surface area contributed by atoms with Crippen LogP contribution in [0, 0.1) is 5.82 Å². The van der Waals surface area contributed by atoms with Gasteiger partial charge in [0.1, 0.15) is 5.82 Å². The third-order valence-corrected chi connectivity index (χ3v) is 4.39. The smallest absolute Gasteiger partial charge is 0.252 e. The Labute approximate surface area is 155 Å². The highest BCUT2D eigenvalue weighted by Crippen LogP contribution is 2.28. The van der Waals surface area contributed by atoms with Crippen LogP contribution in [0.3, 0.4) is 0 Å². The molecule has 6 nitrogen and oxygen atoms in total. The van der Waals surface area contributed by atoms with Crippen LogP contribution in [-0.4, -0.2) is 36.3 Å². The largest absolute Gasteiger partial charge is 0.378 e. The van der Waals surface area contributed by atoms with Gasteiger partial charge in [-0.1, -0.05) is 12.1 Å². The summed E-state index contributed by atoms with van der Waals surface area (Å²) < 4.78 is 18.6. The van der Waals surface area contributed by atoms with E-state index in [9.17, 15) is 9.18 Å². The van der Waals surface area contributed by atoms with E-state index in [0.717, 1.165) is 24.5 Å². The molecule has 0 radical (unpaired) electrons. The van der Waals surface area contributed by atoms with Crippen LogP contribution in [0.4, 0.5) is 21.7 Å². The molecule has 1 aliphatic heterocycles. The summed E-state index contributed by atoms with van der Waals surface area (Å²) in [4.78, 5) is 21.5. The van der Waals surface area contributed by atoms with Gasteiger partial charge in [0, 0.05) is 24.7 Å². The van der Waals surface area contributed by atoms with Gasteiger partial charge >= 0.3 is 0 Å². The minimum Gasteiger partial charge on any atom is -0.378 e. The molecule has 0 saturated carbocycles. The number of halogens is 1. The second kappa shape index (κ2) is 7.59. The molecule has 27 heavy (non-hydrogen) atoms. The SMILES string of the molecule is O=c1cc(-c2ccc(F)cc2)nc(Nc2ccccc2N2CCOCC2)[nH]1. The Morgan fingerprint density at radius 1 is 1.07 bits per heavy atom. The fourth-order valence-corrected chi connectivity index (χ4v) is 3.07. The molecule has 2 aromatic carbocycles. The first-order valence-electron chi connectivity index (χ1n) is 8.75. The van der Waals surface area contributed by atoms with Crippen molar-refractivity contribution in [3.05, 3.63) is 70.8 Å². The van der Waals surface area contributed by atoms with E-state index in [1.54, 1.807) is 12.1 Å². The molecular formula is C20H19FN4O2. The van der Waals surface area contributed by atoms with Crippen LogP contribution < -0.4 is 15.8 Å². The summed E-state index contributed by atoms with van der Waals surface area (Å²) >= 11 is 0. The van der Waals surface area contributed by atoms with Crippen molar-refractivity contribution in [1.29, 1.82) is 0 Å². The Balaban J connectivity index is 1.65. The molecule has 138 valence electrons. The molecule has 1 aromatic heterocycles. The summed E-state index contributed by atoms with van der Waals surface area (Å²) in [7, 11) is 0. The molecule has 0 aliphatic carbocycles. The number of aromatic nitrogens is 2. The number of anilines is 3. The first kappa shape index (κ1) is 17.2. The van der Waals surface area contributed by atoms with E-state index in [4.69, 9.17) is 4.74 Å². The highest BCUT2D eigenvalue weighted by molar-refractivity contribution is 5.74. The highest BCUT2D eigenvalue weighted by Gasteiger charge is 2.15. The Morgan fingerprint density at radius 3 is 2.59 bits per heavy atom. The zero-order chi connectivity index (χ0) is 18.6. The molecule has 0 atom stereocenters. The topological polar surface area (TPSA) is 70.2 Å². The maximum atomic E-state index is 13.2. The fourth-order valence-electron chi connectivity index (χ4n) is 3.07. The van der Waals surface area contributed by atoms with Crippen molar-refractivity contribution in [3.63, 3.8) is 0 Å². The number of H-pyrrole nitrogens is 1. The average molecular weight is 366 g/mol. The summed E-state index contributed by atoms with van der Waals surface area (Å²) in [5.41, 5.74) is 2.74. The summed E-state index contributed by atoms with van der Waals surface area (Å²) in [6, 6.07) is 15.1. The lowest BCUT2D eigenvalue weighted by Crippen LogP contribution is -2.36. The lowest BCUT2D eigenvalue weighted by atomic mass is 10.1. The number of aromatic amines is 1. The maximum absolute atomic E-state index is 13.2. The van der Waals surface area contributed by atoms with E-state index in [-0.39, 0.29) is 11.4 Å². The van der Waals surface area contributed by atoms with Crippen molar-refractivity contribution >= 4 is 17.3 Å². The molecule has 7 heteroatoms. The van der Waals surface area contributed by atoms with Crippen molar-refractivity contribution < 1.29 is 9.13 Å². The molecule has 0 unspecified atom stereocenters. The lowest BCUT2D eigenvalue weighted by Gasteiger charge is -2.30. The van der Waals surface area contributed by atoms with Gasteiger partial charge in [-0.2, -0.15) is 0 Å². The third-order valence-electron chi connectivity index (χ3n) is 4.39. The van der Waals surface area contributed by atoms with Gasteiger partial charge in [-0.05, 0) is 36.4 Å². The summed E-state index contributed by atoms with van der Waals surface area (Å²) in [6.07, 6.45) is 0. The number of rotatable bonds is 4. The molecule has 1 saturated heterocycles. The van der Waals surface area contributed by atoms with Crippen LogP contribution in [-0.2, 0) is 4.74 Å². The van der Waals surface area contributed by atoms with Crippen LogP contribution in [0.2, 0.25) is 0 Å². The minimum atomic E-state index is -0.332. The molecular weight excluding hydrogens is 347 g/mol. The monoisotopic (exact) mass is 366 g/mol. The minimum absolute atomic E-state index is 0.282. The fraction of sp³-hybridized carbons (Fsp3) is 0.200. The van der Waals surface area contributed by atoms with Gasteiger partial charge < -0.3 is 15.0 Å². The number of hydrogen-bond acceptors (Lipinski definition) is 5. The van der Waals surface area contributed by atoms with Crippen LogP contribution in [0.15, 0.2) is 59.4 Å². The van der Waals surface area contributed by atoms with Gasteiger partial charge in [-0.3, -0.25) is 9.78 Å². The molecule has 3 aromatic rings. The molecule has 0 spiro atoms. The van der Waals surface area contributed by atoms with Crippen LogP contribution in [0.1, 0.15) is 0 Å². The normalized spacial score (nSPS) is 14.2. The predicted octanol–water partition coefficient (Wildman–Crippen LogP) is 3.16. The van der Waals surface area contributed by atoms with Gasteiger partial charge in [0.05, 0.1) is 30.3 Å². The molecule has 2 N–H and O–H groups in total. The second-order valence-electron chi connectivity index (χ2n) is 6.23. The zero-order valence-electron chi connectivity index (χ0n) is 14.6. The number of morpholine rings is 1. The Kier molecular flexibility index (Phi) is 4.84. The van der Waals surface area contributed by atoms with Crippen molar-refractivity contribution in [3.8, 4) is 11.3 Å². The first-order valence-corrected chi connectivity index (χ1v) is 8.75. The molecule has 1 fully saturated rings. The summed E-state index contributed by atoms with van der Waals surface area (Å²) in [6.45, 7) is 2.98. The van der Waals surface area contributed by atoms with Crippen molar-refractivity contribution in [2.45, 2.75) is 0 Å². The Hall–Kier alpha value is -3.19. The Bertz CT molecular complexity index is 982. The molecule has 1 aliphatic rings. The van der Waals surface area contributed by atoms with Gasteiger partial charge in [0.25, 0.3) is 5.56 Å². The average Bonchev–Trinajstić information content (AvgIpc) is 2.69. The van der Waals surface area contributed by atoms with Crippen molar-refractivity contribution in [2.75, 3.05) is 36.5 Å². The molecule has 2 heterocycles. The van der Waals surface area contributed by atoms with Gasteiger partial charge in [0.15, 0.2) is 0 Å². The quantitative estimate of drug-likeness (QED) is 0.742. The highest BCUT2D eigenvalue weighted by atomic mass is 19.1. The summed E-state index contributed by atoms with van der Waals surface area (Å²) in [5.74, 6) is 0.00362. The Morgan fingerprint density at radius 2 is 1.81 bits per heavy atom. The number of hydrogen-bond donors (Lipinski definition) is 2.